The Morgan fingerprint density at radius 3 is 0.953 bits per heavy atom. The first kappa shape index (κ1) is 79.9. The van der Waals surface area contributed by atoms with Crippen molar-refractivity contribution in [2.24, 2.45) is 0 Å². The molecule has 0 saturated carbocycles. The molecule has 0 bridgehead atoms. The Morgan fingerprint density at radius 2 is 0.635 bits per heavy atom. The smallest absolute Gasteiger partial charge is 0.361 e. The zero-order chi connectivity index (χ0) is 61.9. The van der Waals surface area contributed by atoms with E-state index < -0.39 is 24.3 Å². The molecule has 2 atom stereocenters. The number of carbonyl (C=O) groups is 3. The van der Waals surface area contributed by atoms with E-state index in [0.717, 1.165) is 122 Å². The molecule has 0 aliphatic rings. The number of carbonyl (C=O) groups excluding carboxylic acids is 2. The van der Waals surface area contributed by atoms with Crippen LogP contribution in [-0.4, -0.2) is 87.4 Å². The lowest BCUT2D eigenvalue weighted by atomic mass is 10.0. The van der Waals surface area contributed by atoms with Gasteiger partial charge in [0.25, 0.3) is 6.29 Å². The molecule has 0 aromatic rings. The molecule has 9 heteroatoms. The number of carboxylic acids is 1. The zero-order valence-electron chi connectivity index (χ0n) is 54.7. The standard InChI is InChI=1S/C76H123NO8/c1-6-8-10-12-14-16-18-20-22-24-26-28-30-32-34-36-37-39-41-43-45-47-49-51-53-55-57-59-61-63-65-67-74(79)85-72(71-84-76(75(80)81)82-69-68-77(3,4)5)70-83-73(78)66-64-62-60-58-56-54-52-50-48-46-44-42-40-38-35-33-31-29-27-25-23-21-19-17-15-13-11-9-7-2/h8-11,14-17,20-23,26-29,32,34,37,39,43,45,49,51,55,57,72,76H,6-7,12-13,18-19,24-25,30-31,33,35-36,38,40-42,44,46-48,50,52-54,56,58-71H2,1-5H3/p+1/b10-8-,11-9-,16-14-,17-15-,22-20-,23-21-,28-26-,29-27-,34-32-,39-37-,45-43-,51-49-,57-55-. The first-order valence-electron chi connectivity index (χ1n) is 33.6. The quantitative estimate of drug-likeness (QED) is 0.0211. The number of allylic oxidation sites excluding steroid dienone is 26. The summed E-state index contributed by atoms with van der Waals surface area (Å²) in [4.78, 5) is 37.6. The van der Waals surface area contributed by atoms with Gasteiger partial charge in [0.15, 0.2) is 6.10 Å². The number of hydrogen-bond acceptors (Lipinski definition) is 7. The maximum atomic E-state index is 12.9. The molecule has 0 fully saturated rings. The molecule has 0 rings (SSSR count). The molecule has 0 amide bonds. The van der Waals surface area contributed by atoms with Crippen LogP contribution in [0.1, 0.15) is 245 Å². The minimum absolute atomic E-state index is 0.173. The van der Waals surface area contributed by atoms with Crippen molar-refractivity contribution < 1.29 is 42.9 Å². The van der Waals surface area contributed by atoms with Gasteiger partial charge in [0.2, 0.25) is 0 Å². The molecule has 0 spiro atoms. The maximum absolute atomic E-state index is 12.9. The van der Waals surface area contributed by atoms with Gasteiger partial charge >= 0.3 is 17.9 Å². The number of rotatable bonds is 60. The lowest BCUT2D eigenvalue weighted by Gasteiger charge is -2.25. The summed E-state index contributed by atoms with van der Waals surface area (Å²) in [5.74, 6) is -2.06. The SMILES string of the molecule is CC/C=C\C/C=C\C/C=C\C/C=C\C/C=C\C/C=C\C/C=C\C/C=C\C/C=C\CCCCCC(=O)OC(COC(=O)CCCCCCCCCCCCCCCCCC/C=C\C/C=C\C/C=C\C/C=C\CC)COC(OCC[N+](C)(C)C)C(=O)O. The summed E-state index contributed by atoms with van der Waals surface area (Å²) in [6.45, 7) is 4.60. The van der Waals surface area contributed by atoms with Crippen LogP contribution in [0.5, 0.6) is 0 Å². The Balaban J connectivity index is 4.26. The number of ether oxygens (including phenoxy) is 4. The Hall–Kier alpha value is -5.09. The van der Waals surface area contributed by atoms with Crippen molar-refractivity contribution in [1.82, 2.24) is 0 Å². The fourth-order valence-corrected chi connectivity index (χ4v) is 8.70. The zero-order valence-corrected chi connectivity index (χ0v) is 54.7. The second-order valence-corrected chi connectivity index (χ2v) is 23.0. The second-order valence-electron chi connectivity index (χ2n) is 23.0. The highest BCUT2D eigenvalue weighted by atomic mass is 16.7. The molecule has 0 saturated heterocycles. The normalized spacial score (nSPS) is 13.8. The summed E-state index contributed by atoms with van der Waals surface area (Å²) in [7, 11) is 5.95. The maximum Gasteiger partial charge on any atom is 0.361 e. The predicted molar refractivity (Wildman–Crippen MR) is 363 cm³/mol. The van der Waals surface area contributed by atoms with Crippen LogP contribution in [0.3, 0.4) is 0 Å². The van der Waals surface area contributed by atoms with Crippen molar-refractivity contribution in [2.75, 3.05) is 47.5 Å². The van der Waals surface area contributed by atoms with Crippen molar-refractivity contribution in [1.29, 1.82) is 0 Å². The first-order chi connectivity index (χ1) is 41.6. The number of nitrogens with zero attached hydrogens (tertiary/aromatic N) is 1. The van der Waals surface area contributed by atoms with Crippen molar-refractivity contribution in [3.63, 3.8) is 0 Å². The molecule has 0 aromatic heterocycles. The molecule has 0 aromatic carbocycles. The summed E-state index contributed by atoms with van der Waals surface area (Å²) in [6, 6.07) is 0. The van der Waals surface area contributed by atoms with E-state index >= 15 is 0 Å². The average molecular weight is 1180 g/mol. The molecule has 0 aliphatic heterocycles. The van der Waals surface area contributed by atoms with E-state index in [0.29, 0.717) is 17.4 Å². The fraction of sp³-hybridized carbons (Fsp3) is 0.618. The number of unbranched alkanes of at least 4 members (excludes halogenated alkanes) is 19. The molecular weight excluding hydrogens is 1050 g/mol. The summed E-state index contributed by atoms with van der Waals surface area (Å²) >= 11 is 0. The summed E-state index contributed by atoms with van der Waals surface area (Å²) in [5, 5.41) is 9.74. The van der Waals surface area contributed by atoms with Gasteiger partial charge in [0.1, 0.15) is 13.2 Å². The Bertz CT molecular complexity index is 1950. The molecule has 0 aliphatic carbocycles. The number of quaternary nitrogens is 1. The van der Waals surface area contributed by atoms with Crippen LogP contribution in [0, 0.1) is 0 Å². The number of carboxylic acid groups (broad SMARTS) is 1. The largest absolute Gasteiger partial charge is 0.477 e. The van der Waals surface area contributed by atoms with E-state index in [9.17, 15) is 19.5 Å². The van der Waals surface area contributed by atoms with E-state index in [1.54, 1.807) is 0 Å². The van der Waals surface area contributed by atoms with E-state index in [1.807, 2.05) is 21.1 Å². The van der Waals surface area contributed by atoms with Gasteiger partial charge in [-0.3, -0.25) is 9.59 Å². The van der Waals surface area contributed by atoms with Crippen LogP contribution in [0.2, 0.25) is 0 Å². The highest BCUT2D eigenvalue weighted by Crippen LogP contribution is 2.16. The number of hydrogen-bond donors (Lipinski definition) is 1. The van der Waals surface area contributed by atoms with Crippen molar-refractivity contribution >= 4 is 17.9 Å². The first-order valence-corrected chi connectivity index (χ1v) is 33.6. The van der Waals surface area contributed by atoms with Crippen LogP contribution < -0.4 is 0 Å². The highest BCUT2D eigenvalue weighted by molar-refractivity contribution is 5.71. The van der Waals surface area contributed by atoms with Crippen molar-refractivity contribution in [2.45, 2.75) is 257 Å². The van der Waals surface area contributed by atoms with Gasteiger partial charge in [-0.05, 0) is 122 Å². The van der Waals surface area contributed by atoms with Gasteiger partial charge in [0.05, 0.1) is 34.4 Å². The molecule has 1 N–H and O–H groups in total. The lowest BCUT2D eigenvalue weighted by molar-refractivity contribution is -0.870. The molecular formula is C76H124NO8+. The number of likely N-dealkylation sites (N-methyl/N-ethyl adjacent to an activating group) is 1. The molecule has 9 nitrogen and oxygen atoms in total. The minimum Gasteiger partial charge on any atom is -0.477 e. The van der Waals surface area contributed by atoms with E-state index in [2.05, 4.69) is 172 Å². The van der Waals surface area contributed by atoms with E-state index in [4.69, 9.17) is 18.9 Å². The van der Waals surface area contributed by atoms with Gasteiger partial charge in [-0.15, -0.1) is 0 Å². The van der Waals surface area contributed by atoms with Gasteiger partial charge in [-0.2, -0.15) is 0 Å². The molecule has 2 unspecified atom stereocenters. The predicted octanol–water partition coefficient (Wildman–Crippen LogP) is 20.9. The van der Waals surface area contributed by atoms with Gasteiger partial charge in [-0.1, -0.05) is 268 Å². The van der Waals surface area contributed by atoms with Gasteiger partial charge < -0.3 is 28.5 Å². The summed E-state index contributed by atoms with van der Waals surface area (Å²) in [5.41, 5.74) is 0. The van der Waals surface area contributed by atoms with Gasteiger partial charge in [0, 0.05) is 12.8 Å². The Kier molecular flexibility index (Phi) is 61.0. The monoisotopic (exact) mass is 1180 g/mol. The summed E-state index contributed by atoms with van der Waals surface area (Å²) in [6.07, 6.45) is 93.4. The molecule has 85 heavy (non-hydrogen) atoms. The van der Waals surface area contributed by atoms with Crippen molar-refractivity contribution in [3.8, 4) is 0 Å². The third-order valence-corrected chi connectivity index (χ3v) is 13.8. The molecule has 480 valence electrons. The second kappa shape index (κ2) is 64.9. The van der Waals surface area contributed by atoms with Gasteiger partial charge in [-0.25, -0.2) is 4.79 Å². The highest BCUT2D eigenvalue weighted by Gasteiger charge is 2.25. The topological polar surface area (TPSA) is 108 Å². The Labute approximate surface area is 521 Å². The molecule has 0 heterocycles. The minimum atomic E-state index is -1.53. The van der Waals surface area contributed by atoms with Crippen LogP contribution in [0.25, 0.3) is 0 Å². The number of aliphatic carboxylic acids is 1. The summed E-state index contributed by atoms with van der Waals surface area (Å²) < 4.78 is 22.9. The Morgan fingerprint density at radius 1 is 0.353 bits per heavy atom. The van der Waals surface area contributed by atoms with Crippen LogP contribution in [0.4, 0.5) is 0 Å². The van der Waals surface area contributed by atoms with Crippen LogP contribution in [0.15, 0.2) is 158 Å². The fourth-order valence-electron chi connectivity index (χ4n) is 8.70. The third kappa shape index (κ3) is 66.3. The average Bonchev–Trinajstić information content (AvgIpc) is 3.49. The molecule has 0 radical (unpaired) electrons. The van der Waals surface area contributed by atoms with Crippen molar-refractivity contribution in [3.05, 3.63) is 158 Å². The van der Waals surface area contributed by atoms with E-state index in [1.165, 1.54) is 89.9 Å². The van der Waals surface area contributed by atoms with Crippen LogP contribution in [-0.2, 0) is 33.3 Å². The third-order valence-electron chi connectivity index (χ3n) is 13.8. The van der Waals surface area contributed by atoms with E-state index in [-0.39, 0.29) is 38.6 Å². The number of esters is 2. The van der Waals surface area contributed by atoms with Crippen LogP contribution >= 0.6 is 0 Å². The lowest BCUT2D eigenvalue weighted by Crippen LogP contribution is -2.40.